The lowest BCUT2D eigenvalue weighted by Crippen LogP contribution is -2.56. The van der Waals surface area contributed by atoms with Crippen molar-refractivity contribution < 1.29 is 37.5 Å². The summed E-state index contributed by atoms with van der Waals surface area (Å²) in [6, 6.07) is 2.99. The number of carbonyl (C=O) groups is 3. The lowest BCUT2D eigenvalue weighted by atomic mass is 10.1. The maximum Gasteiger partial charge on any atom is 0.363 e. The molecule has 0 spiro atoms. The maximum absolute atomic E-state index is 14.8. The second-order valence-electron chi connectivity index (χ2n) is 11.2. The van der Waals surface area contributed by atoms with E-state index in [0.717, 1.165) is 11.3 Å². The van der Waals surface area contributed by atoms with E-state index in [1.165, 1.54) is 24.3 Å². The Hall–Kier alpha value is -3.39. The molecule has 1 aromatic carbocycles. The van der Waals surface area contributed by atoms with Crippen molar-refractivity contribution in [3.8, 4) is 0 Å². The number of aromatic amines is 1. The van der Waals surface area contributed by atoms with Gasteiger partial charge >= 0.3 is 7.60 Å². The number of imidazole rings is 1. The summed E-state index contributed by atoms with van der Waals surface area (Å²) in [5.41, 5.74) is -0.195. The van der Waals surface area contributed by atoms with E-state index < -0.39 is 49.6 Å². The van der Waals surface area contributed by atoms with Crippen LogP contribution in [-0.4, -0.2) is 85.8 Å². The molecule has 5 N–H and O–H groups in total. The van der Waals surface area contributed by atoms with Gasteiger partial charge in [0.2, 0.25) is 23.7 Å². The standard InChI is InChI=1S/C27H31F2N6O6PS/c28-17-12-34(27-30-8-9-31-27)13-19(17)33-24(36)20-6-5-16-2-1-3-18(26(38)35(16)20)32-25(37)22-11-15-10-14(4-7-21(15)43-22)23(29)42(39,40)41/h4,7-11,16-20,23H,1-3,5-6,12-13H2,(H,30,31)(H,32,37)(H,33,36)(H2,39,40,41)/t16-,17-,18?,19?,20-,23+/m0/s1. The molecule has 3 saturated heterocycles. The quantitative estimate of drug-likeness (QED) is 0.247. The molecule has 43 heavy (non-hydrogen) atoms. The van der Waals surface area contributed by atoms with Gasteiger partial charge in [0, 0.05) is 29.7 Å². The minimum absolute atomic E-state index is 0.0829. The van der Waals surface area contributed by atoms with Gasteiger partial charge in [0.15, 0.2) is 0 Å². The number of rotatable bonds is 7. The fraction of sp³-hybridized carbons (Fsp3) is 0.481. The number of hydrogen-bond donors (Lipinski definition) is 5. The van der Waals surface area contributed by atoms with Crippen LogP contribution in [0.25, 0.3) is 10.1 Å². The number of fused-ring (bicyclic) bond motifs is 2. The molecule has 0 saturated carbocycles. The summed E-state index contributed by atoms with van der Waals surface area (Å²) in [5.74, 6) is -3.25. The third kappa shape index (κ3) is 5.91. The SMILES string of the molecule is O=C(NC1CCC[C@H]2CC[C@@H](C(=O)NC3CN(c4ncc[nH]4)C[C@@H]3F)N2C1=O)c1cc2cc([C@H](F)P(=O)(O)O)ccc2s1. The first kappa shape index (κ1) is 29.7. The first-order chi connectivity index (χ1) is 20.5. The van der Waals surface area contributed by atoms with Gasteiger partial charge in [0.1, 0.15) is 18.3 Å². The molecule has 3 fully saturated rings. The summed E-state index contributed by atoms with van der Waals surface area (Å²) in [5, 5.41) is 6.04. The number of anilines is 1. The molecular weight excluding hydrogens is 605 g/mol. The molecule has 12 nitrogen and oxygen atoms in total. The first-order valence-electron chi connectivity index (χ1n) is 14.0. The highest BCUT2D eigenvalue weighted by Gasteiger charge is 2.46. The van der Waals surface area contributed by atoms with Crippen molar-refractivity contribution in [2.75, 3.05) is 18.0 Å². The van der Waals surface area contributed by atoms with Gasteiger partial charge in [-0.25, -0.2) is 13.8 Å². The van der Waals surface area contributed by atoms with Crippen molar-refractivity contribution in [1.82, 2.24) is 25.5 Å². The van der Waals surface area contributed by atoms with Crippen LogP contribution >= 0.6 is 18.9 Å². The molecule has 5 heterocycles. The highest BCUT2D eigenvalue weighted by atomic mass is 32.1. The first-order valence-corrected chi connectivity index (χ1v) is 16.5. The summed E-state index contributed by atoms with van der Waals surface area (Å²) in [6.45, 7) is 0.324. The smallest absolute Gasteiger partial charge is 0.347 e. The van der Waals surface area contributed by atoms with Gasteiger partial charge in [0.05, 0.1) is 17.5 Å². The molecule has 16 heteroatoms. The van der Waals surface area contributed by atoms with Crippen molar-refractivity contribution in [3.05, 3.63) is 47.1 Å². The van der Waals surface area contributed by atoms with Crippen LogP contribution in [0.3, 0.4) is 0 Å². The minimum Gasteiger partial charge on any atom is -0.347 e. The highest BCUT2D eigenvalue weighted by molar-refractivity contribution is 7.51. The van der Waals surface area contributed by atoms with Gasteiger partial charge in [-0.15, -0.1) is 11.3 Å². The summed E-state index contributed by atoms with van der Waals surface area (Å²) >= 11 is 1.11. The molecule has 3 aromatic rings. The van der Waals surface area contributed by atoms with E-state index in [1.807, 2.05) is 0 Å². The number of nitrogens with one attached hydrogen (secondary N) is 3. The third-order valence-electron chi connectivity index (χ3n) is 8.39. The Morgan fingerprint density at radius 3 is 2.70 bits per heavy atom. The molecule has 3 aliphatic rings. The van der Waals surface area contributed by atoms with Crippen molar-refractivity contribution in [3.63, 3.8) is 0 Å². The lowest BCUT2D eigenvalue weighted by Gasteiger charge is -2.31. The van der Waals surface area contributed by atoms with Crippen molar-refractivity contribution >= 4 is 52.7 Å². The van der Waals surface area contributed by atoms with Gasteiger partial charge in [-0.2, -0.15) is 0 Å². The molecule has 2 unspecified atom stereocenters. The Kier molecular flexibility index (Phi) is 8.01. The fourth-order valence-corrected chi connectivity index (χ4v) is 7.77. The van der Waals surface area contributed by atoms with E-state index in [0.29, 0.717) is 48.1 Å². The Balaban J connectivity index is 1.13. The van der Waals surface area contributed by atoms with Crippen LogP contribution in [0.1, 0.15) is 53.3 Å². The third-order valence-corrected chi connectivity index (χ3v) is 10.4. The zero-order valence-electron chi connectivity index (χ0n) is 22.9. The van der Waals surface area contributed by atoms with Crippen molar-refractivity contribution in [2.45, 2.75) is 68.4 Å². The Morgan fingerprint density at radius 2 is 1.95 bits per heavy atom. The van der Waals surface area contributed by atoms with E-state index >= 15 is 0 Å². The monoisotopic (exact) mass is 636 g/mol. The molecule has 6 rings (SSSR count). The molecule has 3 amide bonds. The summed E-state index contributed by atoms with van der Waals surface area (Å²) in [4.78, 5) is 69.3. The van der Waals surface area contributed by atoms with E-state index in [1.54, 1.807) is 22.2 Å². The summed E-state index contributed by atoms with van der Waals surface area (Å²) < 4.78 is 41.0. The minimum atomic E-state index is -4.99. The number of amides is 3. The molecule has 0 aliphatic carbocycles. The number of halogens is 2. The largest absolute Gasteiger partial charge is 0.363 e. The van der Waals surface area contributed by atoms with Gasteiger partial charge < -0.3 is 35.2 Å². The topological polar surface area (TPSA) is 168 Å². The van der Waals surface area contributed by atoms with Crippen LogP contribution in [0.5, 0.6) is 0 Å². The normalized spacial score (nSPS) is 26.8. The lowest BCUT2D eigenvalue weighted by molar-refractivity contribution is -0.141. The fourth-order valence-electron chi connectivity index (χ4n) is 6.28. The highest BCUT2D eigenvalue weighted by Crippen LogP contribution is 2.53. The van der Waals surface area contributed by atoms with Crippen LogP contribution in [-0.2, 0) is 14.2 Å². The van der Waals surface area contributed by atoms with E-state index in [9.17, 15) is 37.5 Å². The van der Waals surface area contributed by atoms with Gasteiger partial charge in [-0.1, -0.05) is 6.07 Å². The van der Waals surface area contributed by atoms with Crippen LogP contribution in [0, 0.1) is 0 Å². The van der Waals surface area contributed by atoms with E-state index in [-0.39, 0.29) is 35.5 Å². The maximum atomic E-state index is 14.8. The number of alkyl halides is 2. The second kappa shape index (κ2) is 11.6. The summed E-state index contributed by atoms with van der Waals surface area (Å²) in [7, 11) is -4.99. The number of aromatic nitrogens is 2. The predicted octanol–water partition coefficient (Wildman–Crippen LogP) is 2.76. The van der Waals surface area contributed by atoms with Crippen LogP contribution < -0.4 is 15.5 Å². The Labute approximate surface area is 249 Å². The molecule has 3 aliphatic heterocycles. The van der Waals surface area contributed by atoms with Crippen molar-refractivity contribution in [1.29, 1.82) is 0 Å². The zero-order valence-corrected chi connectivity index (χ0v) is 24.6. The molecule has 0 bridgehead atoms. The Morgan fingerprint density at radius 1 is 1.14 bits per heavy atom. The molecule has 6 atom stereocenters. The van der Waals surface area contributed by atoms with Gasteiger partial charge in [-0.3, -0.25) is 18.9 Å². The van der Waals surface area contributed by atoms with E-state index in [2.05, 4.69) is 20.6 Å². The number of H-pyrrole nitrogens is 1. The molecule has 230 valence electrons. The van der Waals surface area contributed by atoms with Crippen LogP contribution in [0.2, 0.25) is 0 Å². The second-order valence-corrected chi connectivity index (χ2v) is 13.9. The van der Waals surface area contributed by atoms with Gasteiger partial charge in [0.25, 0.3) is 5.91 Å². The molecule has 2 aromatic heterocycles. The number of benzene rings is 1. The van der Waals surface area contributed by atoms with Crippen molar-refractivity contribution in [2.24, 2.45) is 0 Å². The summed E-state index contributed by atoms with van der Waals surface area (Å²) in [6.07, 6.45) is 4.71. The van der Waals surface area contributed by atoms with Crippen LogP contribution in [0.4, 0.5) is 14.7 Å². The van der Waals surface area contributed by atoms with Crippen LogP contribution in [0.15, 0.2) is 36.7 Å². The number of nitrogens with zero attached hydrogens (tertiary/aromatic N) is 3. The average molecular weight is 637 g/mol. The Bertz CT molecular complexity index is 1580. The number of hydrogen-bond acceptors (Lipinski definition) is 7. The average Bonchev–Trinajstić information content (AvgIpc) is 3.76. The van der Waals surface area contributed by atoms with Gasteiger partial charge in [-0.05, 0) is 61.3 Å². The molecule has 0 radical (unpaired) electrons. The zero-order chi connectivity index (χ0) is 30.5. The number of carbonyl (C=O) groups excluding carboxylic acids is 3. The van der Waals surface area contributed by atoms with E-state index in [4.69, 9.17) is 0 Å². The number of thiophene rings is 1. The molecular formula is C27H31F2N6O6PS. The predicted molar refractivity (Wildman–Crippen MR) is 154 cm³/mol.